The van der Waals surface area contributed by atoms with E-state index in [1.807, 2.05) is 13.8 Å². The zero-order chi connectivity index (χ0) is 17.2. The molecule has 1 unspecified atom stereocenters. The van der Waals surface area contributed by atoms with Gasteiger partial charge in [0.25, 0.3) is 0 Å². The Balaban J connectivity index is 3.20. The van der Waals surface area contributed by atoms with E-state index >= 15 is 0 Å². The van der Waals surface area contributed by atoms with E-state index in [-0.39, 0.29) is 22.3 Å². The largest absolute Gasteiger partial charge is 0.329 e. The van der Waals surface area contributed by atoms with Gasteiger partial charge in [0.15, 0.2) is 0 Å². The van der Waals surface area contributed by atoms with Crippen LogP contribution in [0.4, 0.5) is 0 Å². The second-order valence-corrected chi connectivity index (χ2v) is 9.23. The maximum absolute atomic E-state index is 12.5. The summed E-state index contributed by atoms with van der Waals surface area (Å²) in [6, 6.07) is 4.91. The van der Waals surface area contributed by atoms with Crippen molar-refractivity contribution in [3.8, 4) is 0 Å². The molecule has 0 fully saturated rings. The quantitative estimate of drug-likeness (QED) is 0.654. The van der Waals surface area contributed by atoms with Gasteiger partial charge in [-0.2, -0.15) is 0 Å². The minimum Gasteiger partial charge on any atom is -0.329 e. The number of nitrogens with two attached hydrogens (primary N) is 2. The molecule has 0 aliphatic heterocycles. The van der Waals surface area contributed by atoms with Crippen molar-refractivity contribution in [1.29, 1.82) is 0 Å². The Bertz CT molecular complexity index is 729. The van der Waals surface area contributed by atoms with E-state index < -0.39 is 25.6 Å². The number of hydrogen-bond donors (Lipinski definition) is 3. The van der Waals surface area contributed by atoms with Crippen LogP contribution >= 0.6 is 0 Å². The van der Waals surface area contributed by atoms with E-state index in [1.165, 1.54) is 18.2 Å². The topological polar surface area (TPSA) is 132 Å². The van der Waals surface area contributed by atoms with Crippen molar-refractivity contribution >= 4 is 20.0 Å². The third kappa shape index (κ3) is 5.03. The van der Waals surface area contributed by atoms with Crippen molar-refractivity contribution in [2.75, 3.05) is 6.54 Å². The fourth-order valence-electron chi connectivity index (χ4n) is 2.27. The van der Waals surface area contributed by atoms with Gasteiger partial charge in [0.2, 0.25) is 20.0 Å². The zero-order valence-corrected chi connectivity index (χ0v) is 14.5. The van der Waals surface area contributed by atoms with Gasteiger partial charge in [-0.1, -0.05) is 19.9 Å². The van der Waals surface area contributed by atoms with E-state index in [2.05, 4.69) is 4.72 Å². The van der Waals surface area contributed by atoms with Crippen molar-refractivity contribution in [2.45, 2.75) is 42.5 Å². The molecule has 0 saturated carbocycles. The Morgan fingerprint density at radius 2 is 1.73 bits per heavy atom. The standard InChI is InChI=1S/C13H23N3O4S2/c1-10(2)8-13(3,9-14)16-22(19,20)12-6-4-5-11(7-12)21(15,17)18/h4-7,10,16H,8-9,14H2,1-3H3,(H2,15,17,18). The van der Waals surface area contributed by atoms with Crippen LogP contribution < -0.4 is 15.6 Å². The van der Waals surface area contributed by atoms with Crippen molar-refractivity contribution < 1.29 is 16.8 Å². The highest BCUT2D eigenvalue weighted by atomic mass is 32.2. The molecule has 1 atom stereocenters. The summed E-state index contributed by atoms with van der Waals surface area (Å²) < 4.78 is 50.2. The average molecular weight is 349 g/mol. The number of nitrogens with one attached hydrogen (secondary N) is 1. The summed E-state index contributed by atoms with van der Waals surface area (Å²) in [7, 11) is -7.88. The van der Waals surface area contributed by atoms with Gasteiger partial charge in [-0.3, -0.25) is 0 Å². The highest BCUT2D eigenvalue weighted by Gasteiger charge is 2.30. The maximum Gasteiger partial charge on any atom is 0.241 e. The molecule has 0 amide bonds. The third-order valence-electron chi connectivity index (χ3n) is 3.13. The molecule has 1 aromatic rings. The van der Waals surface area contributed by atoms with Crippen LogP contribution in [0.25, 0.3) is 0 Å². The second kappa shape index (κ2) is 6.63. The summed E-state index contributed by atoms with van der Waals surface area (Å²) in [5.74, 6) is 0.243. The van der Waals surface area contributed by atoms with E-state index in [4.69, 9.17) is 10.9 Å². The summed E-state index contributed by atoms with van der Waals surface area (Å²) in [5, 5.41) is 5.03. The predicted octanol–water partition coefficient (Wildman–Crippen LogP) is 0.376. The van der Waals surface area contributed by atoms with Crippen LogP contribution in [0.3, 0.4) is 0 Å². The van der Waals surface area contributed by atoms with Crippen LogP contribution in [0.5, 0.6) is 0 Å². The van der Waals surface area contributed by atoms with Crippen molar-refractivity contribution in [2.24, 2.45) is 16.8 Å². The first-order valence-corrected chi connectivity index (χ1v) is 9.79. The van der Waals surface area contributed by atoms with Crippen LogP contribution in [0.1, 0.15) is 27.2 Å². The van der Waals surface area contributed by atoms with Crippen LogP contribution in [0.2, 0.25) is 0 Å². The molecule has 0 saturated heterocycles. The minimum absolute atomic E-state index is 0.124. The van der Waals surface area contributed by atoms with Gasteiger partial charge in [0.05, 0.1) is 9.79 Å². The highest BCUT2D eigenvalue weighted by Crippen LogP contribution is 2.20. The summed E-state index contributed by atoms with van der Waals surface area (Å²) >= 11 is 0. The molecular weight excluding hydrogens is 326 g/mol. The molecule has 1 aromatic carbocycles. The van der Waals surface area contributed by atoms with Crippen molar-refractivity contribution in [1.82, 2.24) is 4.72 Å². The Labute approximate surface area is 132 Å². The Hall–Kier alpha value is -1.00. The highest BCUT2D eigenvalue weighted by molar-refractivity contribution is 7.90. The van der Waals surface area contributed by atoms with Crippen molar-refractivity contribution in [3.63, 3.8) is 0 Å². The average Bonchev–Trinajstić information content (AvgIpc) is 2.36. The van der Waals surface area contributed by atoms with E-state index in [0.717, 1.165) is 6.07 Å². The molecule has 0 aliphatic carbocycles. The molecule has 0 spiro atoms. The molecule has 0 radical (unpaired) electrons. The third-order valence-corrected chi connectivity index (χ3v) is 5.68. The number of benzene rings is 1. The zero-order valence-electron chi connectivity index (χ0n) is 12.9. The Morgan fingerprint density at radius 1 is 1.18 bits per heavy atom. The van der Waals surface area contributed by atoms with Gasteiger partial charge in [-0.15, -0.1) is 0 Å². The fraction of sp³-hybridized carbons (Fsp3) is 0.538. The SMILES string of the molecule is CC(C)CC(C)(CN)NS(=O)(=O)c1cccc(S(N)(=O)=O)c1. The smallest absolute Gasteiger partial charge is 0.241 e. The molecule has 22 heavy (non-hydrogen) atoms. The lowest BCUT2D eigenvalue weighted by molar-refractivity contribution is 0.344. The molecule has 1 rings (SSSR count). The van der Waals surface area contributed by atoms with Gasteiger partial charge in [-0.05, 0) is 37.5 Å². The monoisotopic (exact) mass is 349 g/mol. The van der Waals surface area contributed by atoms with Crippen LogP contribution in [0.15, 0.2) is 34.1 Å². The van der Waals surface area contributed by atoms with Gasteiger partial charge in [-0.25, -0.2) is 26.7 Å². The summed E-state index contributed by atoms with van der Waals surface area (Å²) in [5.41, 5.74) is 4.88. The summed E-state index contributed by atoms with van der Waals surface area (Å²) in [6.07, 6.45) is 0.553. The van der Waals surface area contributed by atoms with Gasteiger partial charge in [0.1, 0.15) is 0 Å². The van der Waals surface area contributed by atoms with Crippen LogP contribution in [0, 0.1) is 5.92 Å². The minimum atomic E-state index is -3.97. The van der Waals surface area contributed by atoms with E-state index in [9.17, 15) is 16.8 Å². The molecule has 0 aliphatic rings. The lowest BCUT2D eigenvalue weighted by Gasteiger charge is -2.30. The van der Waals surface area contributed by atoms with Gasteiger partial charge in [0, 0.05) is 12.1 Å². The molecule has 5 N–H and O–H groups in total. The fourth-order valence-corrected chi connectivity index (χ4v) is 4.38. The van der Waals surface area contributed by atoms with Crippen LogP contribution in [-0.4, -0.2) is 28.9 Å². The Kier molecular flexibility index (Phi) is 5.74. The van der Waals surface area contributed by atoms with Crippen LogP contribution in [-0.2, 0) is 20.0 Å². The molecular formula is C13H23N3O4S2. The molecule has 126 valence electrons. The van der Waals surface area contributed by atoms with Gasteiger partial charge < -0.3 is 5.73 Å². The second-order valence-electron chi connectivity index (χ2n) is 5.99. The molecule has 7 nitrogen and oxygen atoms in total. The maximum atomic E-state index is 12.5. The first-order valence-electron chi connectivity index (χ1n) is 6.76. The lowest BCUT2D eigenvalue weighted by atomic mass is 9.92. The van der Waals surface area contributed by atoms with Gasteiger partial charge >= 0.3 is 0 Å². The first kappa shape index (κ1) is 19.0. The summed E-state index contributed by atoms with van der Waals surface area (Å²) in [6.45, 7) is 5.76. The molecule has 0 aromatic heterocycles. The van der Waals surface area contributed by atoms with E-state index in [1.54, 1.807) is 6.92 Å². The predicted molar refractivity (Wildman–Crippen MR) is 85.1 cm³/mol. The van der Waals surface area contributed by atoms with Crippen molar-refractivity contribution in [3.05, 3.63) is 24.3 Å². The lowest BCUT2D eigenvalue weighted by Crippen LogP contribution is -2.52. The van der Waals surface area contributed by atoms with E-state index in [0.29, 0.717) is 6.42 Å². The number of primary sulfonamides is 1. The number of rotatable bonds is 7. The number of hydrogen-bond acceptors (Lipinski definition) is 5. The number of sulfonamides is 2. The Morgan fingerprint density at radius 3 is 2.18 bits per heavy atom. The molecule has 9 heteroatoms. The molecule has 0 heterocycles. The summed E-state index contributed by atoms with van der Waals surface area (Å²) in [4.78, 5) is -0.420. The first-order chi connectivity index (χ1) is 9.89. The normalized spacial score (nSPS) is 15.7. The molecule has 0 bridgehead atoms.